The van der Waals surface area contributed by atoms with Gasteiger partial charge in [0, 0.05) is 24.8 Å². The Labute approximate surface area is 186 Å². The fraction of sp³-hybridized carbons (Fsp3) is 0.364. The van der Waals surface area contributed by atoms with E-state index in [1.807, 2.05) is 44.5 Å². The molecule has 31 heavy (non-hydrogen) atoms. The molecule has 2 aromatic heterocycles. The van der Waals surface area contributed by atoms with Crippen molar-refractivity contribution >= 4 is 29.1 Å². The lowest BCUT2D eigenvalue weighted by Gasteiger charge is -2.09. The second-order valence-corrected chi connectivity index (χ2v) is 7.68. The molecule has 0 saturated heterocycles. The van der Waals surface area contributed by atoms with Gasteiger partial charge in [-0.1, -0.05) is 30.7 Å². The van der Waals surface area contributed by atoms with E-state index < -0.39 is 0 Å². The lowest BCUT2D eigenvalue weighted by Crippen LogP contribution is -2.26. The SMILES string of the molecule is CCCNC(=O)c1nn(CC)cc1NC(=O)c1cccc(Cn2nc(C)c(Cl)c2C)c1. The maximum atomic E-state index is 12.9. The molecule has 2 amide bonds. The van der Waals surface area contributed by atoms with Gasteiger partial charge in [0.15, 0.2) is 5.69 Å². The predicted molar refractivity (Wildman–Crippen MR) is 121 cm³/mol. The number of amides is 2. The molecule has 0 aliphatic heterocycles. The number of nitrogens with one attached hydrogen (secondary N) is 2. The molecule has 2 N–H and O–H groups in total. The molecule has 3 rings (SSSR count). The highest BCUT2D eigenvalue weighted by Crippen LogP contribution is 2.21. The quantitative estimate of drug-likeness (QED) is 0.554. The van der Waals surface area contributed by atoms with Gasteiger partial charge < -0.3 is 10.6 Å². The van der Waals surface area contributed by atoms with Crippen molar-refractivity contribution in [1.82, 2.24) is 24.9 Å². The van der Waals surface area contributed by atoms with E-state index in [1.165, 1.54) is 0 Å². The van der Waals surface area contributed by atoms with Crippen LogP contribution in [0.15, 0.2) is 30.5 Å². The Morgan fingerprint density at radius 3 is 2.55 bits per heavy atom. The van der Waals surface area contributed by atoms with Crippen molar-refractivity contribution in [2.24, 2.45) is 0 Å². The predicted octanol–water partition coefficient (Wildman–Crippen LogP) is 3.81. The van der Waals surface area contributed by atoms with Crippen LogP contribution in [0, 0.1) is 13.8 Å². The third-order valence-electron chi connectivity index (χ3n) is 4.90. The first-order valence-electron chi connectivity index (χ1n) is 10.3. The number of hydrogen-bond donors (Lipinski definition) is 2. The van der Waals surface area contributed by atoms with Gasteiger partial charge in [0.1, 0.15) is 0 Å². The molecular formula is C22H27ClN6O2. The lowest BCUT2D eigenvalue weighted by atomic mass is 10.1. The van der Waals surface area contributed by atoms with E-state index in [0.717, 1.165) is 23.4 Å². The molecule has 0 bridgehead atoms. The highest BCUT2D eigenvalue weighted by Gasteiger charge is 2.19. The summed E-state index contributed by atoms with van der Waals surface area (Å²) < 4.78 is 3.44. The number of rotatable bonds is 8. The fourth-order valence-electron chi connectivity index (χ4n) is 3.17. The van der Waals surface area contributed by atoms with Gasteiger partial charge in [0.2, 0.25) is 0 Å². The van der Waals surface area contributed by atoms with Crippen molar-refractivity contribution in [2.75, 3.05) is 11.9 Å². The zero-order chi connectivity index (χ0) is 22.5. The summed E-state index contributed by atoms with van der Waals surface area (Å²) in [5.74, 6) is -0.618. The Hall–Kier alpha value is -3.13. The zero-order valence-electron chi connectivity index (χ0n) is 18.2. The largest absolute Gasteiger partial charge is 0.351 e. The Balaban J connectivity index is 1.79. The summed E-state index contributed by atoms with van der Waals surface area (Å²) in [6.45, 7) is 9.30. The van der Waals surface area contributed by atoms with Crippen LogP contribution in [0.1, 0.15) is 58.1 Å². The number of aryl methyl sites for hydroxylation is 2. The Kier molecular flexibility index (Phi) is 7.12. The van der Waals surface area contributed by atoms with E-state index in [1.54, 1.807) is 23.0 Å². The molecular weight excluding hydrogens is 416 g/mol. The highest BCUT2D eigenvalue weighted by atomic mass is 35.5. The Morgan fingerprint density at radius 1 is 1.13 bits per heavy atom. The molecule has 0 aliphatic rings. The first-order valence-corrected chi connectivity index (χ1v) is 10.7. The summed E-state index contributed by atoms with van der Waals surface area (Å²) in [5.41, 5.74) is 3.64. The van der Waals surface area contributed by atoms with E-state index >= 15 is 0 Å². The summed E-state index contributed by atoms with van der Waals surface area (Å²) in [6, 6.07) is 7.29. The van der Waals surface area contributed by atoms with E-state index in [4.69, 9.17) is 11.6 Å². The number of nitrogens with zero attached hydrogens (tertiary/aromatic N) is 4. The summed E-state index contributed by atoms with van der Waals surface area (Å²) >= 11 is 6.23. The Morgan fingerprint density at radius 2 is 1.90 bits per heavy atom. The van der Waals surface area contributed by atoms with E-state index in [2.05, 4.69) is 20.8 Å². The smallest absolute Gasteiger partial charge is 0.273 e. The summed E-state index contributed by atoms with van der Waals surface area (Å²) in [7, 11) is 0. The van der Waals surface area contributed by atoms with Gasteiger partial charge in [0.25, 0.3) is 11.8 Å². The van der Waals surface area contributed by atoms with Gasteiger partial charge in [-0.2, -0.15) is 10.2 Å². The van der Waals surface area contributed by atoms with Crippen molar-refractivity contribution in [1.29, 1.82) is 0 Å². The van der Waals surface area contributed by atoms with Gasteiger partial charge in [-0.15, -0.1) is 0 Å². The number of carbonyl (C=O) groups is 2. The van der Waals surface area contributed by atoms with Crippen LogP contribution < -0.4 is 10.6 Å². The molecule has 0 radical (unpaired) electrons. The van der Waals surface area contributed by atoms with Gasteiger partial charge in [0.05, 0.1) is 28.6 Å². The molecule has 0 spiro atoms. The van der Waals surface area contributed by atoms with E-state index in [9.17, 15) is 9.59 Å². The first-order chi connectivity index (χ1) is 14.8. The molecule has 0 unspecified atom stereocenters. The molecule has 0 fully saturated rings. The fourth-order valence-corrected chi connectivity index (χ4v) is 3.31. The third-order valence-corrected chi connectivity index (χ3v) is 5.45. The van der Waals surface area contributed by atoms with E-state index in [0.29, 0.717) is 35.9 Å². The molecule has 0 atom stereocenters. The van der Waals surface area contributed by atoms with Gasteiger partial charge in [-0.3, -0.25) is 19.0 Å². The highest BCUT2D eigenvalue weighted by molar-refractivity contribution is 6.31. The van der Waals surface area contributed by atoms with Gasteiger partial charge >= 0.3 is 0 Å². The average molecular weight is 443 g/mol. The van der Waals surface area contributed by atoms with Crippen LogP contribution in [0.3, 0.4) is 0 Å². The monoisotopic (exact) mass is 442 g/mol. The normalized spacial score (nSPS) is 10.9. The molecule has 8 nitrogen and oxygen atoms in total. The van der Waals surface area contributed by atoms with Crippen molar-refractivity contribution in [2.45, 2.75) is 47.2 Å². The minimum absolute atomic E-state index is 0.206. The number of anilines is 1. The third kappa shape index (κ3) is 5.14. The molecule has 1 aromatic carbocycles. The molecule has 0 saturated carbocycles. The number of hydrogen-bond acceptors (Lipinski definition) is 4. The van der Waals surface area contributed by atoms with Crippen LogP contribution in [0.25, 0.3) is 0 Å². The first kappa shape index (κ1) is 22.6. The lowest BCUT2D eigenvalue weighted by molar-refractivity contribution is 0.0948. The van der Waals surface area contributed by atoms with Crippen LogP contribution in [-0.2, 0) is 13.1 Å². The standard InChI is InChI=1S/C22H27ClN6O2/c1-5-10-24-22(31)20-18(13-28(6-2)27-20)25-21(30)17-9-7-8-16(11-17)12-29-15(4)19(23)14(3)26-29/h7-9,11,13H,5-6,10,12H2,1-4H3,(H,24,31)(H,25,30). The summed E-state index contributed by atoms with van der Waals surface area (Å²) in [5, 5.41) is 15.0. The van der Waals surface area contributed by atoms with Crippen molar-refractivity contribution in [3.05, 3.63) is 63.7 Å². The van der Waals surface area contributed by atoms with Crippen LogP contribution in [0.4, 0.5) is 5.69 Å². The molecule has 2 heterocycles. The molecule has 9 heteroatoms. The maximum Gasteiger partial charge on any atom is 0.273 e. The van der Waals surface area contributed by atoms with E-state index in [-0.39, 0.29) is 17.5 Å². The second kappa shape index (κ2) is 9.78. The number of carbonyl (C=O) groups excluding carboxylic acids is 2. The van der Waals surface area contributed by atoms with Crippen molar-refractivity contribution in [3.63, 3.8) is 0 Å². The molecule has 3 aromatic rings. The summed E-state index contributed by atoms with van der Waals surface area (Å²) in [4.78, 5) is 25.3. The average Bonchev–Trinajstić information content (AvgIpc) is 3.28. The van der Waals surface area contributed by atoms with Gasteiger partial charge in [-0.05, 0) is 44.9 Å². The minimum atomic E-state index is -0.312. The van der Waals surface area contributed by atoms with Crippen molar-refractivity contribution in [3.8, 4) is 0 Å². The molecule has 164 valence electrons. The zero-order valence-corrected chi connectivity index (χ0v) is 19.0. The van der Waals surface area contributed by atoms with Crippen molar-refractivity contribution < 1.29 is 9.59 Å². The second-order valence-electron chi connectivity index (χ2n) is 7.30. The van der Waals surface area contributed by atoms with Gasteiger partial charge in [-0.25, -0.2) is 0 Å². The topological polar surface area (TPSA) is 93.8 Å². The summed E-state index contributed by atoms with van der Waals surface area (Å²) in [6.07, 6.45) is 2.48. The number of aromatic nitrogens is 4. The number of halogens is 1. The van der Waals surface area contributed by atoms with Crippen LogP contribution in [-0.4, -0.2) is 37.9 Å². The molecule has 0 aliphatic carbocycles. The van der Waals surface area contributed by atoms with Crippen LogP contribution in [0.5, 0.6) is 0 Å². The minimum Gasteiger partial charge on any atom is -0.351 e. The maximum absolute atomic E-state index is 12.9. The van der Waals surface area contributed by atoms with Crippen LogP contribution in [0.2, 0.25) is 5.02 Å². The van der Waals surface area contributed by atoms with Crippen LogP contribution >= 0.6 is 11.6 Å². The Bertz CT molecular complexity index is 1100. The number of benzene rings is 1.